The molecule has 0 aromatic rings. The lowest BCUT2D eigenvalue weighted by molar-refractivity contribution is -0.139. The maximum atomic E-state index is 11.3. The number of hydrogen-bond donors (Lipinski definition) is 0. The van der Waals surface area contributed by atoms with Gasteiger partial charge in [0.2, 0.25) is 5.76 Å². The zero-order chi connectivity index (χ0) is 13.8. The number of halogens is 1. The van der Waals surface area contributed by atoms with Gasteiger partial charge in [0, 0.05) is 23.6 Å². The summed E-state index contributed by atoms with van der Waals surface area (Å²) in [6, 6.07) is 0. The first-order chi connectivity index (χ1) is 8.37. The van der Waals surface area contributed by atoms with E-state index in [1.54, 1.807) is 0 Å². The van der Waals surface area contributed by atoms with Crippen molar-refractivity contribution in [1.82, 2.24) is 4.90 Å². The topological polar surface area (TPSA) is 85.3 Å². The highest BCUT2D eigenvalue weighted by molar-refractivity contribution is 8.12. The van der Waals surface area contributed by atoms with Crippen LogP contribution in [0.3, 0.4) is 0 Å². The van der Waals surface area contributed by atoms with Crippen molar-refractivity contribution in [2.75, 3.05) is 20.8 Å². The summed E-state index contributed by atoms with van der Waals surface area (Å²) >= 11 is 0. The second-order valence-electron chi connectivity index (χ2n) is 3.41. The molecule has 0 atom stereocenters. The van der Waals surface area contributed by atoms with Gasteiger partial charge in [0.1, 0.15) is 5.84 Å². The van der Waals surface area contributed by atoms with Crippen LogP contribution in [0.2, 0.25) is 0 Å². The van der Waals surface area contributed by atoms with Crippen LogP contribution in [-0.2, 0) is 23.5 Å². The van der Waals surface area contributed by atoms with Crippen molar-refractivity contribution >= 4 is 31.7 Å². The Bertz CT molecular complexity index is 485. The summed E-state index contributed by atoms with van der Waals surface area (Å²) in [5.41, 5.74) is 0. The van der Waals surface area contributed by atoms with E-state index in [0.717, 1.165) is 0 Å². The quantitative estimate of drug-likeness (QED) is 0.327. The number of methoxy groups -OCH3 is 2. The summed E-state index contributed by atoms with van der Waals surface area (Å²) in [6.07, 6.45) is 2.51. The van der Waals surface area contributed by atoms with Gasteiger partial charge in [-0.2, -0.15) is 8.42 Å². The van der Waals surface area contributed by atoms with Crippen LogP contribution in [0.25, 0.3) is 0 Å². The number of carbonyl (C=O) groups excluding carboxylic acids is 1. The Labute approximate surface area is 110 Å². The molecule has 9 heteroatoms. The van der Waals surface area contributed by atoms with Crippen LogP contribution < -0.4 is 0 Å². The zero-order valence-corrected chi connectivity index (χ0v) is 11.5. The Morgan fingerprint density at radius 3 is 2.61 bits per heavy atom. The molecule has 0 radical (unpaired) electrons. The van der Waals surface area contributed by atoms with E-state index in [-0.39, 0.29) is 11.6 Å². The highest BCUT2D eigenvalue weighted by Crippen LogP contribution is 2.16. The van der Waals surface area contributed by atoms with Crippen molar-refractivity contribution in [3.05, 3.63) is 12.0 Å². The normalized spacial score (nSPS) is 19.2. The molecular formula is C9H13ClN2O5S. The molecule has 0 amide bonds. The van der Waals surface area contributed by atoms with E-state index in [2.05, 4.69) is 9.13 Å². The number of likely N-dealkylation sites (tertiary alicyclic amines) is 1. The van der Waals surface area contributed by atoms with Crippen molar-refractivity contribution in [2.24, 2.45) is 4.40 Å². The number of ether oxygens (including phenoxy) is 2. The third kappa shape index (κ3) is 4.19. The van der Waals surface area contributed by atoms with Gasteiger partial charge >= 0.3 is 15.2 Å². The molecule has 0 aromatic carbocycles. The van der Waals surface area contributed by atoms with E-state index in [1.807, 2.05) is 0 Å². The molecule has 0 bridgehead atoms. The van der Waals surface area contributed by atoms with Gasteiger partial charge in [-0.05, 0) is 6.42 Å². The summed E-state index contributed by atoms with van der Waals surface area (Å²) < 4.78 is 34.5. The molecule has 1 heterocycles. The lowest BCUT2D eigenvalue weighted by Gasteiger charge is -2.14. The number of carbonyl (C=O) groups is 1. The molecule has 0 N–H and O–H groups in total. The minimum atomic E-state index is -3.98. The molecule has 7 nitrogen and oxygen atoms in total. The van der Waals surface area contributed by atoms with Gasteiger partial charge in [-0.15, -0.1) is 4.40 Å². The van der Waals surface area contributed by atoms with Gasteiger partial charge < -0.3 is 14.4 Å². The van der Waals surface area contributed by atoms with Gasteiger partial charge in [-0.25, -0.2) is 4.79 Å². The molecule has 1 aliphatic rings. The largest absolute Gasteiger partial charge is 0.489 e. The highest BCUT2D eigenvalue weighted by Gasteiger charge is 2.22. The van der Waals surface area contributed by atoms with Crippen LogP contribution in [-0.4, -0.2) is 45.9 Å². The molecule has 0 aliphatic carbocycles. The van der Waals surface area contributed by atoms with Crippen molar-refractivity contribution in [3.63, 3.8) is 0 Å². The van der Waals surface area contributed by atoms with Crippen molar-refractivity contribution in [1.29, 1.82) is 0 Å². The standard InChI is InChI=1S/C9H13ClN2O5S/c1-16-7(9(13)17-2)6-12-5-3-4-8(12)11-18(10,14)15/h6H,3-5H2,1-2H3/b7-6-,11-8-. The summed E-state index contributed by atoms with van der Waals surface area (Å²) in [5, 5.41) is 0. The minimum absolute atomic E-state index is 0.0425. The monoisotopic (exact) mass is 296 g/mol. The first-order valence-electron chi connectivity index (χ1n) is 5.01. The molecule has 1 aliphatic heterocycles. The Morgan fingerprint density at radius 2 is 2.11 bits per heavy atom. The Kier molecular flexibility index (Phi) is 4.97. The van der Waals surface area contributed by atoms with Crippen LogP contribution in [0.15, 0.2) is 16.4 Å². The first kappa shape index (κ1) is 14.8. The molecule has 0 aromatic heterocycles. The molecule has 102 valence electrons. The number of esters is 1. The third-order valence-electron chi connectivity index (χ3n) is 2.22. The van der Waals surface area contributed by atoms with Gasteiger partial charge in [0.05, 0.1) is 20.4 Å². The molecule has 0 spiro atoms. The second kappa shape index (κ2) is 6.05. The van der Waals surface area contributed by atoms with Crippen molar-refractivity contribution in [2.45, 2.75) is 12.8 Å². The molecule has 18 heavy (non-hydrogen) atoms. The van der Waals surface area contributed by atoms with E-state index >= 15 is 0 Å². The average molecular weight is 297 g/mol. The second-order valence-corrected chi connectivity index (χ2v) is 5.58. The Morgan fingerprint density at radius 1 is 1.44 bits per heavy atom. The smallest absolute Gasteiger partial charge is 0.374 e. The van der Waals surface area contributed by atoms with Gasteiger partial charge in [0.25, 0.3) is 0 Å². The maximum absolute atomic E-state index is 11.3. The number of nitrogens with zero attached hydrogens (tertiary/aromatic N) is 2. The number of hydrogen-bond acceptors (Lipinski definition) is 5. The molecule has 1 saturated heterocycles. The van der Waals surface area contributed by atoms with Crippen LogP contribution in [0.4, 0.5) is 0 Å². The molecule has 1 rings (SSSR count). The maximum Gasteiger partial charge on any atom is 0.374 e. The minimum Gasteiger partial charge on any atom is -0.489 e. The summed E-state index contributed by atoms with van der Waals surface area (Å²) in [7, 11) is 3.61. The summed E-state index contributed by atoms with van der Waals surface area (Å²) in [6.45, 7) is 0.523. The zero-order valence-electron chi connectivity index (χ0n) is 9.92. The predicted molar refractivity (Wildman–Crippen MR) is 65.3 cm³/mol. The summed E-state index contributed by atoms with van der Waals surface area (Å²) in [5.74, 6) is -0.431. The first-order valence-corrected chi connectivity index (χ1v) is 7.28. The van der Waals surface area contributed by atoms with Gasteiger partial charge in [-0.3, -0.25) is 0 Å². The van der Waals surface area contributed by atoms with Gasteiger partial charge in [-0.1, -0.05) is 0 Å². The lowest BCUT2D eigenvalue weighted by atomic mass is 10.4. The van der Waals surface area contributed by atoms with Crippen molar-refractivity contribution in [3.8, 4) is 0 Å². The highest BCUT2D eigenvalue weighted by atomic mass is 35.7. The van der Waals surface area contributed by atoms with E-state index in [4.69, 9.17) is 15.4 Å². The average Bonchev–Trinajstić information content (AvgIpc) is 2.69. The Balaban J connectivity index is 2.98. The summed E-state index contributed by atoms with van der Waals surface area (Å²) in [4.78, 5) is 12.8. The van der Waals surface area contributed by atoms with Crippen LogP contribution >= 0.6 is 10.7 Å². The van der Waals surface area contributed by atoms with Gasteiger partial charge in [0.15, 0.2) is 0 Å². The Hall–Kier alpha value is -1.28. The molecular weight excluding hydrogens is 284 g/mol. The van der Waals surface area contributed by atoms with Crippen LogP contribution in [0, 0.1) is 0 Å². The predicted octanol–water partition coefficient (Wildman–Crippen LogP) is 0.625. The molecule has 1 fully saturated rings. The fraction of sp³-hybridized carbons (Fsp3) is 0.556. The van der Waals surface area contributed by atoms with Crippen LogP contribution in [0.1, 0.15) is 12.8 Å². The lowest BCUT2D eigenvalue weighted by Crippen LogP contribution is -2.22. The van der Waals surface area contributed by atoms with Crippen LogP contribution in [0.5, 0.6) is 0 Å². The van der Waals surface area contributed by atoms with E-state index in [1.165, 1.54) is 25.3 Å². The van der Waals surface area contributed by atoms with Crippen molar-refractivity contribution < 1.29 is 22.7 Å². The fourth-order valence-corrected chi connectivity index (χ4v) is 2.16. The third-order valence-corrected chi connectivity index (χ3v) is 2.86. The number of rotatable bonds is 4. The SMILES string of the molecule is COC(=O)/C(=C/N1CCC/C1=N/S(=O)(=O)Cl)OC. The van der Waals surface area contributed by atoms with E-state index in [9.17, 15) is 13.2 Å². The van der Waals surface area contributed by atoms with E-state index in [0.29, 0.717) is 19.4 Å². The molecule has 0 unspecified atom stereocenters. The van der Waals surface area contributed by atoms with E-state index < -0.39 is 15.2 Å². The molecule has 0 saturated carbocycles. The fourth-order valence-electron chi connectivity index (χ4n) is 1.47. The number of amidine groups is 1.